The number of hydroxylamine groups is 2. The van der Waals surface area contributed by atoms with Gasteiger partial charge in [0.05, 0.1) is 18.2 Å². The van der Waals surface area contributed by atoms with Gasteiger partial charge in [0.2, 0.25) is 18.2 Å². The molecule has 2 atom stereocenters. The lowest BCUT2D eigenvalue weighted by Gasteiger charge is -2.30. The molecule has 1 saturated heterocycles. The minimum absolute atomic E-state index is 0.0254. The highest BCUT2D eigenvalue weighted by molar-refractivity contribution is 7.13. The Hall–Kier alpha value is -2.00. The molecule has 8 nitrogen and oxygen atoms in total. The molecule has 32 heavy (non-hydrogen) atoms. The zero-order valence-electron chi connectivity index (χ0n) is 19.4. The van der Waals surface area contributed by atoms with Gasteiger partial charge in [-0.05, 0) is 43.9 Å². The lowest BCUT2D eigenvalue weighted by atomic mass is 9.91. The summed E-state index contributed by atoms with van der Waals surface area (Å²) in [5, 5.41) is 15.7. The van der Waals surface area contributed by atoms with E-state index in [2.05, 4.69) is 10.3 Å². The van der Waals surface area contributed by atoms with Crippen molar-refractivity contribution in [3.05, 3.63) is 11.1 Å². The van der Waals surface area contributed by atoms with Crippen molar-refractivity contribution in [2.75, 3.05) is 18.4 Å². The van der Waals surface area contributed by atoms with Gasteiger partial charge in [0.15, 0.2) is 5.13 Å². The van der Waals surface area contributed by atoms with Gasteiger partial charge in [-0.15, -0.1) is 11.3 Å². The Kier molecular flexibility index (Phi) is 8.27. The number of likely N-dealkylation sites (tertiary alicyclic amines) is 1. The number of hydrogen-bond acceptors (Lipinski definition) is 6. The number of anilines is 1. The Balaban J connectivity index is 0.00000141. The van der Waals surface area contributed by atoms with E-state index in [4.69, 9.17) is 0 Å². The molecule has 0 bridgehead atoms. The Morgan fingerprint density at radius 2 is 2.06 bits per heavy atom. The molecule has 2 heterocycles. The van der Waals surface area contributed by atoms with Gasteiger partial charge >= 0.3 is 0 Å². The average molecular weight is 465 g/mol. The number of carbonyl (C=O) groups excluding carboxylic acids is 3. The van der Waals surface area contributed by atoms with Crippen molar-refractivity contribution in [2.24, 2.45) is 17.3 Å². The van der Waals surface area contributed by atoms with Crippen molar-refractivity contribution in [3.63, 3.8) is 0 Å². The number of thiazole rings is 1. The average Bonchev–Trinajstić information content (AvgIpc) is 3.13. The zero-order chi connectivity index (χ0) is 23.3. The second-order valence-corrected chi connectivity index (χ2v) is 10.1. The number of rotatable bonds is 8. The third kappa shape index (κ3) is 5.86. The van der Waals surface area contributed by atoms with Crippen molar-refractivity contribution in [1.82, 2.24) is 14.9 Å². The van der Waals surface area contributed by atoms with E-state index < -0.39 is 12.0 Å². The highest BCUT2D eigenvalue weighted by Crippen LogP contribution is 2.55. The molecule has 0 radical (unpaired) electrons. The van der Waals surface area contributed by atoms with E-state index in [1.807, 2.05) is 26.2 Å². The lowest BCUT2D eigenvalue weighted by molar-refractivity contribution is -0.158. The third-order valence-corrected chi connectivity index (χ3v) is 7.75. The Labute approximate surface area is 194 Å². The van der Waals surface area contributed by atoms with Crippen LogP contribution in [0.15, 0.2) is 5.38 Å². The predicted molar refractivity (Wildman–Crippen MR) is 123 cm³/mol. The van der Waals surface area contributed by atoms with Crippen LogP contribution in [0.5, 0.6) is 0 Å². The van der Waals surface area contributed by atoms with Crippen LogP contribution in [0.3, 0.4) is 0 Å². The minimum Gasteiger partial charge on any atom is -0.330 e. The highest BCUT2D eigenvalue weighted by atomic mass is 32.1. The van der Waals surface area contributed by atoms with Crippen LogP contribution in [-0.4, -0.2) is 57.5 Å². The van der Waals surface area contributed by atoms with Gasteiger partial charge in [-0.2, -0.15) is 0 Å². The van der Waals surface area contributed by atoms with Gasteiger partial charge in [-0.3, -0.25) is 19.6 Å². The SMILES string of the molecule is CC.Cc1csc(NC(=O)C2CC3(CC3)CN2C(=O)C(CC2CCCC2)CN(O)C=O)n1. The number of hydrogen-bond donors (Lipinski definition) is 2. The van der Waals surface area contributed by atoms with Crippen LogP contribution in [0.2, 0.25) is 0 Å². The van der Waals surface area contributed by atoms with E-state index >= 15 is 0 Å². The van der Waals surface area contributed by atoms with Crippen molar-refractivity contribution >= 4 is 34.7 Å². The summed E-state index contributed by atoms with van der Waals surface area (Å²) in [6.45, 7) is 6.43. The van der Waals surface area contributed by atoms with E-state index in [1.54, 1.807) is 4.90 Å². The third-order valence-electron chi connectivity index (χ3n) is 6.87. The van der Waals surface area contributed by atoms with Crippen molar-refractivity contribution in [2.45, 2.75) is 78.2 Å². The molecule has 1 aromatic rings. The second-order valence-electron chi connectivity index (χ2n) is 9.28. The van der Waals surface area contributed by atoms with E-state index in [0.29, 0.717) is 41.9 Å². The van der Waals surface area contributed by atoms with Crippen LogP contribution in [0.1, 0.15) is 70.9 Å². The molecule has 0 aromatic carbocycles. The number of aryl methyl sites for hydroxylation is 1. The Bertz CT molecular complexity index is 804. The monoisotopic (exact) mass is 464 g/mol. The molecule has 2 unspecified atom stereocenters. The first-order valence-corrected chi connectivity index (χ1v) is 12.7. The molecule has 2 saturated carbocycles. The first kappa shape index (κ1) is 24.6. The first-order chi connectivity index (χ1) is 15.4. The Morgan fingerprint density at radius 1 is 1.38 bits per heavy atom. The van der Waals surface area contributed by atoms with Crippen LogP contribution in [0.25, 0.3) is 0 Å². The summed E-state index contributed by atoms with van der Waals surface area (Å²) in [6.07, 6.45) is 8.20. The normalized spacial score (nSPS) is 22.2. The molecule has 4 rings (SSSR count). The van der Waals surface area contributed by atoms with Gasteiger partial charge in [0.25, 0.3) is 0 Å². The minimum atomic E-state index is -0.529. The van der Waals surface area contributed by atoms with Crippen molar-refractivity contribution in [1.29, 1.82) is 0 Å². The van der Waals surface area contributed by atoms with E-state index in [0.717, 1.165) is 44.2 Å². The van der Waals surface area contributed by atoms with E-state index in [9.17, 15) is 19.6 Å². The summed E-state index contributed by atoms with van der Waals surface area (Å²) in [7, 11) is 0. The van der Waals surface area contributed by atoms with E-state index in [1.165, 1.54) is 11.3 Å². The second kappa shape index (κ2) is 10.7. The number of nitrogens with one attached hydrogen (secondary N) is 1. The number of amides is 3. The fourth-order valence-electron chi connectivity index (χ4n) is 5.07. The lowest BCUT2D eigenvalue weighted by Crippen LogP contribution is -2.48. The van der Waals surface area contributed by atoms with Gasteiger partial charge in [0, 0.05) is 11.9 Å². The quantitative estimate of drug-likeness (QED) is 0.346. The van der Waals surface area contributed by atoms with Gasteiger partial charge in [-0.1, -0.05) is 39.5 Å². The number of nitrogens with zero attached hydrogens (tertiary/aromatic N) is 3. The van der Waals surface area contributed by atoms with Gasteiger partial charge in [-0.25, -0.2) is 10.0 Å². The summed E-state index contributed by atoms with van der Waals surface area (Å²) in [4.78, 5) is 43.6. The summed E-state index contributed by atoms with van der Waals surface area (Å²) in [5.41, 5.74) is 0.902. The largest absolute Gasteiger partial charge is 0.330 e. The fraction of sp³-hybridized carbons (Fsp3) is 0.739. The molecule has 1 aromatic heterocycles. The standard InChI is InChI=1S/C21H30N4O4S.C2H6/c1-14-11-30-20(22-14)23-18(27)17-9-21(6-7-21)12-25(17)19(28)16(10-24(29)13-26)8-15-4-2-3-5-15;1-2/h11,13,15-17,29H,2-10,12H2,1H3,(H,22,23,27);1-2H3. The highest BCUT2D eigenvalue weighted by Gasteiger charge is 2.55. The molecule has 2 aliphatic carbocycles. The molecular formula is C23H36N4O4S. The summed E-state index contributed by atoms with van der Waals surface area (Å²) in [5.74, 6) is -0.379. The van der Waals surface area contributed by atoms with Gasteiger partial charge in [0.1, 0.15) is 6.04 Å². The molecule has 3 amide bonds. The predicted octanol–water partition coefficient (Wildman–Crippen LogP) is 3.84. The first-order valence-electron chi connectivity index (χ1n) is 11.8. The number of aromatic nitrogens is 1. The summed E-state index contributed by atoms with van der Waals surface area (Å²) < 4.78 is 0. The topological polar surface area (TPSA) is 103 Å². The molecule has 1 aliphatic heterocycles. The van der Waals surface area contributed by atoms with Crippen molar-refractivity contribution in [3.8, 4) is 0 Å². The molecule has 2 N–H and O–H groups in total. The molecule has 3 aliphatic rings. The fourth-order valence-corrected chi connectivity index (χ4v) is 5.76. The maximum Gasteiger partial charge on any atom is 0.248 e. The molecule has 178 valence electrons. The van der Waals surface area contributed by atoms with Crippen LogP contribution in [0.4, 0.5) is 5.13 Å². The molecular weight excluding hydrogens is 428 g/mol. The maximum atomic E-state index is 13.6. The summed E-state index contributed by atoms with van der Waals surface area (Å²) in [6, 6.07) is -0.529. The number of carbonyl (C=O) groups is 3. The van der Waals surface area contributed by atoms with Crippen LogP contribution in [0, 0.1) is 24.2 Å². The van der Waals surface area contributed by atoms with Gasteiger partial charge < -0.3 is 10.2 Å². The van der Waals surface area contributed by atoms with Crippen molar-refractivity contribution < 1.29 is 19.6 Å². The zero-order valence-corrected chi connectivity index (χ0v) is 20.2. The van der Waals surface area contributed by atoms with Crippen LogP contribution >= 0.6 is 11.3 Å². The molecule has 1 spiro atoms. The van der Waals surface area contributed by atoms with E-state index in [-0.39, 0.29) is 23.8 Å². The molecule has 9 heteroatoms. The maximum absolute atomic E-state index is 13.6. The smallest absolute Gasteiger partial charge is 0.248 e. The molecule has 3 fully saturated rings. The van der Waals surface area contributed by atoms with Crippen LogP contribution < -0.4 is 5.32 Å². The Morgan fingerprint density at radius 3 is 2.62 bits per heavy atom. The summed E-state index contributed by atoms with van der Waals surface area (Å²) >= 11 is 1.38. The van der Waals surface area contributed by atoms with Crippen LogP contribution in [-0.2, 0) is 14.4 Å².